The van der Waals surface area contributed by atoms with Gasteiger partial charge in [0.2, 0.25) is 0 Å². The van der Waals surface area contributed by atoms with Crippen molar-refractivity contribution < 1.29 is 9.31 Å². The summed E-state index contributed by atoms with van der Waals surface area (Å²) in [7, 11) is 0.0694. The van der Waals surface area contributed by atoms with Gasteiger partial charge in [0.05, 0.1) is 11.2 Å². The summed E-state index contributed by atoms with van der Waals surface area (Å²) in [4.78, 5) is 0. The SMILES string of the molecule is CCC1(C)OB(C2CC2)OC1(C)C. The van der Waals surface area contributed by atoms with Crippen LogP contribution in [0.3, 0.4) is 0 Å². The van der Waals surface area contributed by atoms with Crippen molar-refractivity contribution in [3.8, 4) is 0 Å². The minimum Gasteiger partial charge on any atom is -0.403 e. The van der Waals surface area contributed by atoms with E-state index in [1.165, 1.54) is 12.8 Å². The number of hydrogen-bond acceptors (Lipinski definition) is 2. The van der Waals surface area contributed by atoms with Crippen LogP contribution in [0, 0.1) is 0 Å². The standard InChI is InChI=1S/C10H19BO2/c1-5-10(4)9(2,3)12-11(13-10)8-6-7-8/h8H,5-7H2,1-4H3. The van der Waals surface area contributed by atoms with E-state index in [1.807, 2.05) is 0 Å². The third kappa shape index (κ3) is 1.42. The molecule has 13 heavy (non-hydrogen) atoms. The smallest absolute Gasteiger partial charge is 0.403 e. The molecule has 3 heteroatoms. The molecule has 0 N–H and O–H groups in total. The van der Waals surface area contributed by atoms with Crippen molar-refractivity contribution in [1.82, 2.24) is 0 Å². The van der Waals surface area contributed by atoms with E-state index in [0.29, 0.717) is 5.82 Å². The molecule has 0 bridgehead atoms. The van der Waals surface area contributed by atoms with Crippen LogP contribution in [0.25, 0.3) is 0 Å². The molecule has 0 aromatic carbocycles. The average Bonchev–Trinajstić information content (AvgIpc) is 2.81. The Morgan fingerprint density at radius 2 is 1.85 bits per heavy atom. The third-order valence-corrected chi connectivity index (χ3v) is 3.74. The van der Waals surface area contributed by atoms with Gasteiger partial charge in [-0.1, -0.05) is 19.8 Å². The molecule has 1 saturated carbocycles. The van der Waals surface area contributed by atoms with E-state index < -0.39 is 0 Å². The van der Waals surface area contributed by atoms with E-state index in [1.54, 1.807) is 0 Å². The lowest BCUT2D eigenvalue weighted by atomic mass is 9.82. The Morgan fingerprint density at radius 3 is 2.23 bits per heavy atom. The van der Waals surface area contributed by atoms with E-state index >= 15 is 0 Å². The number of hydrogen-bond donors (Lipinski definition) is 0. The Hall–Kier alpha value is -0.0151. The Labute approximate surface area is 81.1 Å². The lowest BCUT2D eigenvalue weighted by Gasteiger charge is -2.35. The summed E-state index contributed by atoms with van der Waals surface area (Å²) in [6.45, 7) is 8.60. The zero-order valence-corrected chi connectivity index (χ0v) is 9.09. The highest BCUT2D eigenvalue weighted by molar-refractivity contribution is 6.48. The lowest BCUT2D eigenvalue weighted by Crippen LogP contribution is -2.44. The highest BCUT2D eigenvalue weighted by Gasteiger charge is 2.57. The Morgan fingerprint density at radius 1 is 1.23 bits per heavy atom. The molecule has 1 unspecified atom stereocenters. The van der Waals surface area contributed by atoms with Gasteiger partial charge in [-0.25, -0.2) is 0 Å². The van der Waals surface area contributed by atoms with Crippen LogP contribution in [0.4, 0.5) is 0 Å². The largest absolute Gasteiger partial charge is 0.461 e. The zero-order chi connectivity index (χ0) is 9.69. The van der Waals surface area contributed by atoms with Crippen LogP contribution in [0.5, 0.6) is 0 Å². The first kappa shape index (κ1) is 9.54. The summed E-state index contributed by atoms with van der Waals surface area (Å²) in [6.07, 6.45) is 3.57. The molecule has 0 spiro atoms. The van der Waals surface area contributed by atoms with E-state index in [2.05, 4.69) is 27.7 Å². The van der Waals surface area contributed by atoms with Gasteiger partial charge < -0.3 is 9.31 Å². The van der Waals surface area contributed by atoms with Gasteiger partial charge in [0, 0.05) is 0 Å². The maximum atomic E-state index is 6.02. The van der Waals surface area contributed by atoms with Crippen molar-refractivity contribution in [3.05, 3.63) is 0 Å². The van der Waals surface area contributed by atoms with Crippen LogP contribution >= 0.6 is 0 Å². The molecule has 2 nitrogen and oxygen atoms in total. The fourth-order valence-corrected chi connectivity index (χ4v) is 1.91. The Bertz CT molecular complexity index is 213. The van der Waals surface area contributed by atoms with Crippen molar-refractivity contribution in [2.45, 2.75) is 64.0 Å². The molecule has 1 heterocycles. The molecule has 0 aromatic heterocycles. The second-order valence-corrected chi connectivity index (χ2v) is 5.04. The maximum Gasteiger partial charge on any atom is 0.461 e. The molecule has 1 saturated heterocycles. The van der Waals surface area contributed by atoms with Gasteiger partial charge in [-0.3, -0.25) is 0 Å². The van der Waals surface area contributed by atoms with Crippen LogP contribution in [0.2, 0.25) is 5.82 Å². The molecule has 2 aliphatic rings. The van der Waals surface area contributed by atoms with E-state index in [0.717, 1.165) is 6.42 Å². The van der Waals surface area contributed by atoms with Gasteiger partial charge in [0.1, 0.15) is 0 Å². The highest BCUT2D eigenvalue weighted by Crippen LogP contribution is 2.49. The third-order valence-electron chi connectivity index (χ3n) is 3.74. The first-order chi connectivity index (χ1) is 5.98. The monoisotopic (exact) mass is 182 g/mol. The van der Waals surface area contributed by atoms with Gasteiger partial charge in [-0.05, 0) is 33.0 Å². The van der Waals surface area contributed by atoms with Crippen molar-refractivity contribution in [3.63, 3.8) is 0 Å². The molecule has 0 radical (unpaired) electrons. The average molecular weight is 182 g/mol. The minimum atomic E-state index is -0.130. The molecule has 2 rings (SSSR count). The molecule has 2 fully saturated rings. The van der Waals surface area contributed by atoms with Crippen LogP contribution in [-0.4, -0.2) is 18.3 Å². The predicted octanol–water partition coefficient (Wildman–Crippen LogP) is 2.63. The maximum absolute atomic E-state index is 6.02. The van der Waals surface area contributed by atoms with E-state index in [4.69, 9.17) is 9.31 Å². The van der Waals surface area contributed by atoms with Gasteiger partial charge in [0.15, 0.2) is 0 Å². The summed E-state index contributed by atoms with van der Waals surface area (Å²) < 4.78 is 12.0. The Kier molecular flexibility index (Phi) is 2.01. The van der Waals surface area contributed by atoms with Crippen molar-refractivity contribution >= 4 is 7.12 Å². The summed E-state index contributed by atoms with van der Waals surface area (Å²) >= 11 is 0. The number of rotatable bonds is 2. The predicted molar refractivity (Wildman–Crippen MR) is 53.7 cm³/mol. The summed E-state index contributed by atoms with van der Waals surface area (Å²) in [5.74, 6) is 0.674. The van der Waals surface area contributed by atoms with Crippen molar-refractivity contribution in [1.29, 1.82) is 0 Å². The van der Waals surface area contributed by atoms with Gasteiger partial charge in [0.25, 0.3) is 0 Å². The van der Waals surface area contributed by atoms with E-state index in [9.17, 15) is 0 Å². The first-order valence-corrected chi connectivity index (χ1v) is 5.34. The highest BCUT2D eigenvalue weighted by atomic mass is 16.7. The molecule has 74 valence electrons. The minimum absolute atomic E-state index is 0.0694. The van der Waals surface area contributed by atoms with Crippen LogP contribution in [0.1, 0.15) is 47.0 Å². The van der Waals surface area contributed by atoms with Gasteiger partial charge in [-0.2, -0.15) is 0 Å². The topological polar surface area (TPSA) is 18.5 Å². The zero-order valence-electron chi connectivity index (χ0n) is 9.09. The molecular weight excluding hydrogens is 163 g/mol. The quantitative estimate of drug-likeness (QED) is 0.611. The van der Waals surface area contributed by atoms with Crippen LogP contribution < -0.4 is 0 Å². The fourth-order valence-electron chi connectivity index (χ4n) is 1.91. The normalized spacial score (nSPS) is 38.3. The van der Waals surface area contributed by atoms with Crippen molar-refractivity contribution in [2.24, 2.45) is 0 Å². The Balaban J connectivity index is 2.12. The lowest BCUT2D eigenvalue weighted by molar-refractivity contribution is -0.0118. The fraction of sp³-hybridized carbons (Fsp3) is 1.00. The van der Waals surface area contributed by atoms with Crippen LogP contribution in [0.15, 0.2) is 0 Å². The van der Waals surface area contributed by atoms with E-state index in [-0.39, 0.29) is 18.3 Å². The molecule has 1 atom stereocenters. The van der Waals surface area contributed by atoms with Crippen molar-refractivity contribution in [2.75, 3.05) is 0 Å². The van der Waals surface area contributed by atoms with Crippen LogP contribution in [-0.2, 0) is 9.31 Å². The molecule has 1 aliphatic carbocycles. The summed E-state index contributed by atoms with van der Waals surface area (Å²) in [5, 5.41) is 0. The second kappa shape index (κ2) is 2.74. The first-order valence-electron chi connectivity index (χ1n) is 5.34. The van der Waals surface area contributed by atoms with Gasteiger partial charge in [-0.15, -0.1) is 0 Å². The molecule has 0 aromatic rings. The second-order valence-electron chi connectivity index (χ2n) is 5.04. The summed E-state index contributed by atoms with van der Waals surface area (Å²) in [5.41, 5.74) is -0.227. The molecule has 0 amide bonds. The molecule has 1 aliphatic heterocycles. The summed E-state index contributed by atoms with van der Waals surface area (Å²) in [6, 6.07) is 0. The van der Waals surface area contributed by atoms with Gasteiger partial charge >= 0.3 is 7.12 Å². The molecular formula is C10H19BO2.